The first-order valence-electron chi connectivity index (χ1n) is 5.67. The Bertz CT molecular complexity index is 266. The molecule has 0 bridgehead atoms. The summed E-state index contributed by atoms with van der Waals surface area (Å²) in [4.78, 5) is 12.4. The summed E-state index contributed by atoms with van der Waals surface area (Å²) in [6.07, 6.45) is -2.72. The highest BCUT2D eigenvalue weighted by Crippen LogP contribution is 2.30. The number of rotatable bonds is 7. The van der Waals surface area contributed by atoms with Gasteiger partial charge in [0.15, 0.2) is 0 Å². The number of nitrogens with one attached hydrogen (secondary N) is 1. The van der Waals surface area contributed by atoms with Gasteiger partial charge in [-0.2, -0.15) is 13.2 Å². The Morgan fingerprint density at radius 2 is 2.12 bits per heavy atom. The lowest BCUT2D eigenvalue weighted by atomic mass is 10.2. The summed E-state index contributed by atoms with van der Waals surface area (Å²) in [6.45, 7) is 1.32. The molecular weight excluding hydrogens is 235 g/mol. The highest BCUT2D eigenvalue weighted by atomic mass is 19.4. The van der Waals surface area contributed by atoms with Crippen molar-refractivity contribution in [3.63, 3.8) is 0 Å². The minimum Gasteiger partial charge on any atom is -0.368 e. The van der Waals surface area contributed by atoms with Crippen molar-refractivity contribution in [2.24, 2.45) is 5.73 Å². The van der Waals surface area contributed by atoms with Gasteiger partial charge in [-0.05, 0) is 19.4 Å². The smallest absolute Gasteiger partial charge is 0.368 e. The molecule has 0 aliphatic heterocycles. The van der Waals surface area contributed by atoms with Crippen LogP contribution in [0.4, 0.5) is 13.2 Å². The summed E-state index contributed by atoms with van der Waals surface area (Å²) < 4.78 is 37.1. The van der Waals surface area contributed by atoms with Gasteiger partial charge in [0.1, 0.15) is 0 Å². The first-order valence-corrected chi connectivity index (χ1v) is 5.67. The van der Waals surface area contributed by atoms with E-state index in [1.807, 2.05) is 0 Å². The minimum atomic E-state index is -4.24. The fraction of sp³-hybridized carbons (Fsp3) is 0.900. The van der Waals surface area contributed by atoms with Gasteiger partial charge >= 0.3 is 6.18 Å². The van der Waals surface area contributed by atoms with Crippen LogP contribution in [0.2, 0.25) is 0 Å². The van der Waals surface area contributed by atoms with E-state index in [2.05, 4.69) is 5.32 Å². The average Bonchev–Trinajstić information content (AvgIpc) is 2.96. The molecule has 0 aromatic heterocycles. The molecule has 1 unspecified atom stereocenters. The van der Waals surface area contributed by atoms with Crippen LogP contribution >= 0.6 is 0 Å². The number of amides is 1. The lowest BCUT2D eigenvalue weighted by Crippen LogP contribution is -2.51. The van der Waals surface area contributed by atoms with Crippen molar-refractivity contribution in [2.75, 3.05) is 19.6 Å². The number of alkyl halides is 3. The van der Waals surface area contributed by atoms with E-state index in [1.165, 1.54) is 4.90 Å². The predicted octanol–water partition coefficient (Wildman–Crippen LogP) is 0.477. The van der Waals surface area contributed by atoms with Gasteiger partial charge < -0.3 is 11.1 Å². The Labute approximate surface area is 98.3 Å². The van der Waals surface area contributed by atoms with E-state index >= 15 is 0 Å². The molecule has 1 aliphatic rings. The van der Waals surface area contributed by atoms with Gasteiger partial charge in [-0.1, -0.05) is 6.92 Å². The third-order valence-corrected chi connectivity index (χ3v) is 2.66. The number of hydrogen-bond acceptors (Lipinski definition) is 3. The number of halogens is 3. The number of carbonyl (C=O) groups excluding carboxylic acids is 1. The fourth-order valence-corrected chi connectivity index (χ4v) is 1.75. The van der Waals surface area contributed by atoms with Crippen LogP contribution in [0.25, 0.3) is 0 Å². The fourth-order valence-electron chi connectivity index (χ4n) is 1.75. The van der Waals surface area contributed by atoms with Gasteiger partial charge in [-0.15, -0.1) is 0 Å². The molecule has 1 rings (SSSR count). The molecule has 3 N–H and O–H groups in total. The molecule has 0 heterocycles. The van der Waals surface area contributed by atoms with Crippen LogP contribution in [0.5, 0.6) is 0 Å². The predicted molar refractivity (Wildman–Crippen MR) is 57.3 cm³/mol. The molecule has 0 aromatic carbocycles. The molecule has 1 saturated carbocycles. The largest absolute Gasteiger partial charge is 0.401 e. The number of primary amides is 1. The molecule has 17 heavy (non-hydrogen) atoms. The van der Waals surface area contributed by atoms with Crippen molar-refractivity contribution in [3.8, 4) is 0 Å². The van der Waals surface area contributed by atoms with E-state index < -0.39 is 24.7 Å². The molecule has 7 heteroatoms. The topological polar surface area (TPSA) is 58.4 Å². The molecule has 0 spiro atoms. The molecule has 100 valence electrons. The Hall–Kier alpha value is -0.820. The molecule has 1 aliphatic carbocycles. The third kappa shape index (κ3) is 5.36. The van der Waals surface area contributed by atoms with Crippen molar-refractivity contribution in [2.45, 2.75) is 38.0 Å². The standard InChI is InChI=1S/C10H18F3N3O/c1-2-15-8(9(14)17)5-16(7-3-4-7)6-10(11,12)13/h7-8,15H,2-6H2,1H3,(H2,14,17). The molecular formula is C10H18F3N3O. The molecule has 1 fully saturated rings. The molecule has 0 radical (unpaired) electrons. The average molecular weight is 253 g/mol. The second-order valence-electron chi connectivity index (χ2n) is 4.29. The maximum Gasteiger partial charge on any atom is 0.401 e. The minimum absolute atomic E-state index is 0.0212. The summed E-state index contributed by atoms with van der Waals surface area (Å²) in [5, 5.41) is 2.80. The van der Waals surface area contributed by atoms with Gasteiger partial charge in [0, 0.05) is 12.6 Å². The second-order valence-corrected chi connectivity index (χ2v) is 4.29. The number of likely N-dealkylation sites (N-methyl/N-ethyl adjacent to an activating group) is 1. The maximum absolute atomic E-state index is 12.4. The highest BCUT2D eigenvalue weighted by molar-refractivity contribution is 5.80. The molecule has 0 aromatic rings. The van der Waals surface area contributed by atoms with Gasteiger partial charge in [0.2, 0.25) is 5.91 Å². The Balaban J connectivity index is 2.55. The van der Waals surface area contributed by atoms with E-state index in [0.29, 0.717) is 6.54 Å². The van der Waals surface area contributed by atoms with Crippen LogP contribution in [-0.4, -0.2) is 48.7 Å². The van der Waals surface area contributed by atoms with Crippen molar-refractivity contribution in [1.82, 2.24) is 10.2 Å². The van der Waals surface area contributed by atoms with Crippen LogP contribution in [-0.2, 0) is 4.79 Å². The summed E-state index contributed by atoms with van der Waals surface area (Å²) in [7, 11) is 0. The van der Waals surface area contributed by atoms with Crippen molar-refractivity contribution in [3.05, 3.63) is 0 Å². The lowest BCUT2D eigenvalue weighted by molar-refractivity contribution is -0.149. The normalized spacial score (nSPS) is 18.4. The molecule has 1 atom stereocenters. The van der Waals surface area contributed by atoms with Gasteiger partial charge in [0.05, 0.1) is 12.6 Å². The van der Waals surface area contributed by atoms with Gasteiger partial charge in [-0.3, -0.25) is 9.69 Å². The summed E-state index contributed by atoms with van der Waals surface area (Å²) in [6, 6.07) is -0.778. The zero-order valence-electron chi connectivity index (χ0n) is 9.76. The van der Waals surface area contributed by atoms with E-state index in [1.54, 1.807) is 6.92 Å². The number of hydrogen-bond donors (Lipinski definition) is 2. The summed E-state index contributed by atoms with van der Waals surface area (Å²) in [5.74, 6) is -0.611. The maximum atomic E-state index is 12.4. The molecule has 4 nitrogen and oxygen atoms in total. The van der Waals surface area contributed by atoms with E-state index in [9.17, 15) is 18.0 Å². The summed E-state index contributed by atoms with van der Waals surface area (Å²) >= 11 is 0. The monoisotopic (exact) mass is 253 g/mol. The van der Waals surface area contributed by atoms with E-state index in [0.717, 1.165) is 12.8 Å². The van der Waals surface area contributed by atoms with Crippen LogP contribution in [0.1, 0.15) is 19.8 Å². The van der Waals surface area contributed by atoms with Crippen molar-refractivity contribution >= 4 is 5.91 Å². The van der Waals surface area contributed by atoms with Crippen LogP contribution in [0.15, 0.2) is 0 Å². The first-order chi connectivity index (χ1) is 7.83. The summed E-state index contributed by atoms with van der Waals surface area (Å²) in [5.41, 5.74) is 5.15. The van der Waals surface area contributed by atoms with E-state index in [4.69, 9.17) is 5.73 Å². The van der Waals surface area contributed by atoms with Crippen LogP contribution in [0.3, 0.4) is 0 Å². The Morgan fingerprint density at radius 1 is 1.53 bits per heavy atom. The zero-order valence-corrected chi connectivity index (χ0v) is 9.76. The van der Waals surface area contributed by atoms with E-state index in [-0.39, 0.29) is 12.6 Å². The lowest BCUT2D eigenvalue weighted by Gasteiger charge is -2.27. The van der Waals surface area contributed by atoms with Crippen molar-refractivity contribution in [1.29, 1.82) is 0 Å². The SMILES string of the molecule is CCNC(CN(CC(F)(F)F)C1CC1)C(N)=O. The number of carbonyl (C=O) groups is 1. The second kappa shape index (κ2) is 5.68. The Kier molecular flexibility index (Phi) is 4.76. The van der Waals surface area contributed by atoms with Crippen LogP contribution in [0, 0.1) is 0 Å². The van der Waals surface area contributed by atoms with Gasteiger partial charge in [-0.25, -0.2) is 0 Å². The zero-order chi connectivity index (χ0) is 13.1. The third-order valence-electron chi connectivity index (χ3n) is 2.66. The number of nitrogens with two attached hydrogens (primary N) is 1. The van der Waals surface area contributed by atoms with Crippen molar-refractivity contribution < 1.29 is 18.0 Å². The Morgan fingerprint density at radius 3 is 2.47 bits per heavy atom. The quantitative estimate of drug-likeness (QED) is 0.693. The van der Waals surface area contributed by atoms with Gasteiger partial charge in [0.25, 0.3) is 0 Å². The van der Waals surface area contributed by atoms with Crippen LogP contribution < -0.4 is 11.1 Å². The molecule has 1 amide bonds. The molecule has 0 saturated heterocycles. The first kappa shape index (κ1) is 14.2. The highest BCUT2D eigenvalue weighted by Gasteiger charge is 2.39. The number of nitrogens with zero attached hydrogens (tertiary/aromatic N) is 1.